The zero-order valence-electron chi connectivity index (χ0n) is 10.7. The molecule has 1 aliphatic rings. The highest BCUT2D eigenvalue weighted by molar-refractivity contribution is 5.40. The van der Waals surface area contributed by atoms with Crippen LogP contribution in [0, 0.1) is 5.92 Å². The van der Waals surface area contributed by atoms with Crippen LogP contribution in [0.2, 0.25) is 0 Å². The van der Waals surface area contributed by atoms with Gasteiger partial charge in [0.15, 0.2) is 0 Å². The zero-order valence-corrected chi connectivity index (χ0v) is 10.7. The summed E-state index contributed by atoms with van der Waals surface area (Å²) in [7, 11) is 0. The van der Waals surface area contributed by atoms with Crippen LogP contribution in [0.25, 0.3) is 0 Å². The maximum atomic E-state index is 4.46. The van der Waals surface area contributed by atoms with Crippen molar-refractivity contribution in [3.05, 3.63) is 12.3 Å². The first-order chi connectivity index (χ1) is 8.29. The monoisotopic (exact) mass is 234 g/mol. The lowest BCUT2D eigenvalue weighted by Crippen LogP contribution is -2.31. The molecule has 94 valence electrons. The second kappa shape index (κ2) is 5.84. The molecule has 0 aromatic carbocycles. The van der Waals surface area contributed by atoms with Gasteiger partial charge < -0.3 is 10.6 Å². The van der Waals surface area contributed by atoms with Gasteiger partial charge in [0.2, 0.25) is 5.95 Å². The van der Waals surface area contributed by atoms with Gasteiger partial charge in [-0.1, -0.05) is 13.3 Å². The van der Waals surface area contributed by atoms with Crippen LogP contribution in [0.5, 0.6) is 0 Å². The van der Waals surface area contributed by atoms with Crippen molar-refractivity contribution < 1.29 is 0 Å². The third-order valence-electron chi connectivity index (χ3n) is 3.42. The fourth-order valence-corrected chi connectivity index (χ4v) is 2.05. The minimum atomic E-state index is 0.512. The summed E-state index contributed by atoms with van der Waals surface area (Å²) in [5.74, 6) is 2.47. The third-order valence-corrected chi connectivity index (χ3v) is 3.42. The van der Waals surface area contributed by atoms with Crippen LogP contribution in [0.3, 0.4) is 0 Å². The molecule has 0 radical (unpaired) electrons. The van der Waals surface area contributed by atoms with Crippen molar-refractivity contribution in [2.24, 2.45) is 5.92 Å². The van der Waals surface area contributed by atoms with E-state index in [1.54, 1.807) is 6.20 Å². The number of hydrogen-bond acceptors (Lipinski definition) is 4. The van der Waals surface area contributed by atoms with E-state index in [2.05, 4.69) is 34.4 Å². The molecular weight excluding hydrogens is 212 g/mol. The van der Waals surface area contributed by atoms with Crippen molar-refractivity contribution >= 4 is 11.8 Å². The Bertz CT molecular complexity index is 349. The van der Waals surface area contributed by atoms with E-state index in [0.29, 0.717) is 6.04 Å². The van der Waals surface area contributed by atoms with Crippen molar-refractivity contribution in [1.82, 2.24) is 9.97 Å². The van der Waals surface area contributed by atoms with Gasteiger partial charge in [-0.2, -0.15) is 4.98 Å². The lowest BCUT2D eigenvalue weighted by Gasteiger charge is -2.32. The average Bonchev–Trinajstić information content (AvgIpc) is 2.24. The molecule has 0 amide bonds. The van der Waals surface area contributed by atoms with Crippen LogP contribution >= 0.6 is 0 Å². The second-order valence-corrected chi connectivity index (χ2v) is 4.82. The molecule has 0 saturated heterocycles. The molecule has 0 aliphatic heterocycles. The van der Waals surface area contributed by atoms with Crippen molar-refractivity contribution in [2.45, 2.75) is 45.6 Å². The summed E-state index contributed by atoms with van der Waals surface area (Å²) in [6, 6.07) is 2.45. The van der Waals surface area contributed by atoms with Gasteiger partial charge in [-0.3, -0.25) is 0 Å². The van der Waals surface area contributed by atoms with Crippen LogP contribution < -0.4 is 10.6 Å². The van der Waals surface area contributed by atoms with Crippen molar-refractivity contribution in [1.29, 1.82) is 0 Å². The highest BCUT2D eigenvalue weighted by Gasteiger charge is 2.23. The standard InChI is InChI=1S/C13H22N4/c1-3-8-14-13-15-9-7-12(17-13)16-10(2)11-5-4-6-11/h7,9-11H,3-6,8H2,1-2H3,(H2,14,15,16,17). The first-order valence-electron chi connectivity index (χ1n) is 6.63. The lowest BCUT2D eigenvalue weighted by atomic mass is 9.80. The minimum absolute atomic E-state index is 0.512. The Labute approximate surface area is 103 Å². The maximum absolute atomic E-state index is 4.46. The van der Waals surface area contributed by atoms with E-state index in [9.17, 15) is 0 Å². The van der Waals surface area contributed by atoms with Gasteiger partial charge in [0.1, 0.15) is 5.82 Å². The first kappa shape index (κ1) is 12.1. The summed E-state index contributed by atoms with van der Waals surface area (Å²) >= 11 is 0. The highest BCUT2D eigenvalue weighted by Crippen LogP contribution is 2.30. The molecule has 2 N–H and O–H groups in total. The maximum Gasteiger partial charge on any atom is 0.224 e. The van der Waals surface area contributed by atoms with Crippen LogP contribution in [-0.2, 0) is 0 Å². The lowest BCUT2D eigenvalue weighted by molar-refractivity contribution is 0.285. The van der Waals surface area contributed by atoms with E-state index in [4.69, 9.17) is 0 Å². The average molecular weight is 234 g/mol. The smallest absolute Gasteiger partial charge is 0.224 e. The van der Waals surface area contributed by atoms with Crippen LogP contribution in [0.1, 0.15) is 39.5 Å². The van der Waals surface area contributed by atoms with Gasteiger partial charge in [-0.25, -0.2) is 4.98 Å². The van der Waals surface area contributed by atoms with Gasteiger partial charge >= 0.3 is 0 Å². The molecule has 1 aromatic heterocycles. The fraction of sp³-hybridized carbons (Fsp3) is 0.692. The Morgan fingerprint density at radius 3 is 2.94 bits per heavy atom. The molecule has 0 spiro atoms. The molecule has 1 fully saturated rings. The molecule has 1 aromatic rings. The number of nitrogens with zero attached hydrogens (tertiary/aromatic N) is 2. The zero-order chi connectivity index (χ0) is 12.1. The molecule has 1 saturated carbocycles. The summed E-state index contributed by atoms with van der Waals surface area (Å²) in [4.78, 5) is 8.66. The van der Waals surface area contributed by atoms with Crippen molar-refractivity contribution in [3.63, 3.8) is 0 Å². The van der Waals surface area contributed by atoms with Crippen LogP contribution in [-0.4, -0.2) is 22.6 Å². The molecule has 0 bridgehead atoms. The van der Waals surface area contributed by atoms with Crippen molar-refractivity contribution in [3.8, 4) is 0 Å². The van der Waals surface area contributed by atoms with Crippen LogP contribution in [0.4, 0.5) is 11.8 Å². The van der Waals surface area contributed by atoms with E-state index >= 15 is 0 Å². The predicted octanol–water partition coefficient (Wildman–Crippen LogP) is 2.90. The summed E-state index contributed by atoms with van der Waals surface area (Å²) in [5.41, 5.74) is 0. The van der Waals surface area contributed by atoms with E-state index < -0.39 is 0 Å². The van der Waals surface area contributed by atoms with E-state index in [1.165, 1.54) is 19.3 Å². The number of rotatable bonds is 6. The number of anilines is 2. The molecule has 1 atom stereocenters. The van der Waals surface area contributed by atoms with Gasteiger partial charge in [-0.05, 0) is 38.2 Å². The van der Waals surface area contributed by atoms with Gasteiger partial charge in [0.25, 0.3) is 0 Å². The quantitative estimate of drug-likeness (QED) is 0.794. The number of aromatic nitrogens is 2. The second-order valence-electron chi connectivity index (χ2n) is 4.82. The third kappa shape index (κ3) is 3.32. The van der Waals surface area contributed by atoms with E-state index in [1.807, 2.05) is 6.07 Å². The Hall–Kier alpha value is -1.32. The minimum Gasteiger partial charge on any atom is -0.367 e. The summed E-state index contributed by atoms with van der Waals surface area (Å²) in [6.07, 6.45) is 6.96. The Kier molecular flexibility index (Phi) is 4.18. The number of nitrogens with one attached hydrogen (secondary N) is 2. The summed E-state index contributed by atoms with van der Waals surface area (Å²) in [5, 5.41) is 6.67. The Balaban J connectivity index is 1.90. The topological polar surface area (TPSA) is 49.8 Å². The first-order valence-corrected chi connectivity index (χ1v) is 6.63. The molecule has 1 heterocycles. The molecule has 1 unspecified atom stereocenters. The van der Waals surface area contributed by atoms with Gasteiger partial charge in [-0.15, -0.1) is 0 Å². The SMILES string of the molecule is CCCNc1nccc(NC(C)C2CCC2)n1. The fourth-order valence-electron chi connectivity index (χ4n) is 2.05. The Morgan fingerprint density at radius 2 is 2.29 bits per heavy atom. The normalized spacial score (nSPS) is 17.3. The number of hydrogen-bond donors (Lipinski definition) is 2. The van der Waals surface area contributed by atoms with Gasteiger partial charge in [0.05, 0.1) is 0 Å². The van der Waals surface area contributed by atoms with Crippen molar-refractivity contribution in [2.75, 3.05) is 17.2 Å². The van der Waals surface area contributed by atoms with E-state index in [-0.39, 0.29) is 0 Å². The van der Waals surface area contributed by atoms with E-state index in [0.717, 1.165) is 30.6 Å². The van der Waals surface area contributed by atoms with Crippen LogP contribution in [0.15, 0.2) is 12.3 Å². The highest BCUT2D eigenvalue weighted by atomic mass is 15.1. The molecule has 4 heteroatoms. The predicted molar refractivity (Wildman–Crippen MR) is 71.2 cm³/mol. The molecule has 2 rings (SSSR count). The molecule has 1 aliphatic carbocycles. The summed E-state index contributed by atoms with van der Waals surface area (Å²) < 4.78 is 0. The molecule has 17 heavy (non-hydrogen) atoms. The molecular formula is C13H22N4. The molecule has 4 nitrogen and oxygen atoms in total. The van der Waals surface area contributed by atoms with Gasteiger partial charge in [0, 0.05) is 18.8 Å². The summed E-state index contributed by atoms with van der Waals surface area (Å²) in [6.45, 7) is 5.29. The largest absolute Gasteiger partial charge is 0.367 e. The Morgan fingerprint density at radius 1 is 1.47 bits per heavy atom.